The molecule has 0 saturated heterocycles. The molecular weight excluding hydrogens is 316 g/mol. The first-order chi connectivity index (χ1) is 9.65. The average molecular weight is 332 g/mol. The molecule has 0 saturated carbocycles. The van der Waals surface area contributed by atoms with Crippen molar-refractivity contribution in [1.82, 2.24) is 19.9 Å². The van der Waals surface area contributed by atoms with Gasteiger partial charge in [-0.2, -0.15) is 0 Å². The maximum atomic E-state index is 9.95. The molecule has 0 unspecified atom stereocenters. The number of hydrogen-bond donors (Lipinski definition) is 4. The molecule has 2 aromatic rings. The van der Waals surface area contributed by atoms with Crippen LogP contribution >= 0.6 is 0 Å². The van der Waals surface area contributed by atoms with Crippen LogP contribution < -0.4 is 11.5 Å². The van der Waals surface area contributed by atoms with Crippen molar-refractivity contribution < 1.29 is 26.7 Å². The second-order valence-electron chi connectivity index (χ2n) is 4.01. The summed E-state index contributed by atoms with van der Waals surface area (Å²) in [6.07, 6.45) is 10.7. The molecule has 0 fully saturated rings. The van der Waals surface area contributed by atoms with E-state index >= 15 is 0 Å². The predicted molar refractivity (Wildman–Crippen MR) is 71.9 cm³/mol. The molecule has 0 spiro atoms. The molecule has 0 bridgehead atoms. The van der Waals surface area contributed by atoms with Crippen LogP contribution in [0.4, 0.5) is 0 Å². The van der Waals surface area contributed by atoms with E-state index in [1.807, 2.05) is 0 Å². The molecular formula is C12H16FeN6O2. The van der Waals surface area contributed by atoms with Crippen molar-refractivity contribution in [3.05, 3.63) is 36.4 Å². The Morgan fingerprint density at radius 2 is 1.33 bits per heavy atom. The fourth-order valence-electron chi connectivity index (χ4n) is 1.35. The number of H-pyrrole nitrogens is 2. The maximum absolute atomic E-state index is 9.95. The third-order valence-corrected chi connectivity index (χ3v) is 2.29. The van der Waals surface area contributed by atoms with Gasteiger partial charge in [-0.1, -0.05) is 12.1 Å². The van der Waals surface area contributed by atoms with E-state index in [2.05, 4.69) is 19.9 Å². The Bertz CT molecular complexity index is 442. The van der Waals surface area contributed by atoms with Crippen molar-refractivity contribution >= 4 is 12.6 Å². The van der Waals surface area contributed by atoms with Gasteiger partial charge in [0.05, 0.1) is 12.7 Å². The Morgan fingerprint density at radius 1 is 0.952 bits per heavy atom. The van der Waals surface area contributed by atoms with Crippen LogP contribution in [0, 0.1) is 0 Å². The van der Waals surface area contributed by atoms with Crippen LogP contribution in [0.3, 0.4) is 0 Å². The summed E-state index contributed by atoms with van der Waals surface area (Å²) in [7, 11) is 0. The standard InChI is InChI=1S/2C6H8N3O.Fe/c2*7-5(3-10)1-6-2-8-4-9-6;/h2*2,4-5H,1,7H2,(H,8,9);/q2*-1;+2/t2*5-;/m00./s1. The molecule has 2 rings (SSSR count). The van der Waals surface area contributed by atoms with E-state index in [0.29, 0.717) is 12.8 Å². The summed E-state index contributed by atoms with van der Waals surface area (Å²) in [5, 5.41) is 0. The second-order valence-corrected chi connectivity index (χ2v) is 4.01. The molecule has 21 heavy (non-hydrogen) atoms. The van der Waals surface area contributed by atoms with E-state index in [-0.39, 0.29) is 17.1 Å². The van der Waals surface area contributed by atoms with Gasteiger partial charge in [0.1, 0.15) is 0 Å². The maximum Gasteiger partial charge on any atom is 2.00 e. The molecule has 114 valence electrons. The Labute approximate surface area is 132 Å². The normalized spacial score (nSPS) is 12.3. The van der Waals surface area contributed by atoms with Gasteiger partial charge in [-0.05, 0) is 12.8 Å². The first-order valence-electron chi connectivity index (χ1n) is 5.86. The quantitative estimate of drug-likeness (QED) is 0.385. The number of aromatic nitrogens is 4. The molecule has 2 atom stereocenters. The number of nitrogens with one attached hydrogen (secondary N) is 2. The first-order valence-corrected chi connectivity index (χ1v) is 5.86. The number of nitrogens with two attached hydrogens (primary N) is 2. The minimum atomic E-state index is -0.541. The van der Waals surface area contributed by atoms with Gasteiger partial charge in [0.2, 0.25) is 0 Å². The SMILES string of the molecule is N[C@H]([C-]=O)Cc1cnc[nH]1.N[C@H]([C-]=O)Cc1cnc[nH]1.[Fe+2]. The predicted octanol–water partition coefficient (Wildman–Crippen LogP) is -1.22. The van der Waals surface area contributed by atoms with Crippen LogP contribution in [0.25, 0.3) is 0 Å². The van der Waals surface area contributed by atoms with E-state index in [1.54, 1.807) is 37.6 Å². The third kappa shape index (κ3) is 8.16. The molecule has 0 radical (unpaired) electrons. The van der Waals surface area contributed by atoms with Crippen molar-refractivity contribution in [1.29, 1.82) is 0 Å². The van der Waals surface area contributed by atoms with Crippen molar-refractivity contribution in [3.63, 3.8) is 0 Å². The zero-order chi connectivity index (χ0) is 14.8. The summed E-state index contributed by atoms with van der Waals surface area (Å²) >= 11 is 0. The Kier molecular flexibility index (Phi) is 9.99. The minimum Gasteiger partial charge on any atom is -0.540 e. The minimum absolute atomic E-state index is 0. The van der Waals surface area contributed by atoms with Gasteiger partial charge in [0.15, 0.2) is 0 Å². The Morgan fingerprint density at radius 3 is 1.57 bits per heavy atom. The van der Waals surface area contributed by atoms with Gasteiger partial charge in [-0.15, -0.1) is 0 Å². The first kappa shape index (κ1) is 19.2. The fourth-order valence-corrected chi connectivity index (χ4v) is 1.35. The fraction of sp³-hybridized carbons (Fsp3) is 0.333. The van der Waals surface area contributed by atoms with E-state index in [9.17, 15) is 9.59 Å². The Balaban J connectivity index is 0.000000364. The van der Waals surface area contributed by atoms with Crippen molar-refractivity contribution in [2.24, 2.45) is 11.5 Å². The van der Waals surface area contributed by atoms with Gasteiger partial charge in [0.25, 0.3) is 0 Å². The van der Waals surface area contributed by atoms with Crippen LogP contribution in [0.15, 0.2) is 25.0 Å². The molecule has 0 aliphatic carbocycles. The van der Waals surface area contributed by atoms with Gasteiger partial charge < -0.3 is 31.0 Å². The zero-order valence-electron chi connectivity index (χ0n) is 11.1. The van der Waals surface area contributed by atoms with Gasteiger partial charge in [0, 0.05) is 23.8 Å². The van der Waals surface area contributed by atoms with Gasteiger partial charge >= 0.3 is 17.1 Å². The molecule has 0 aliphatic rings. The molecule has 2 heterocycles. The molecule has 0 aromatic carbocycles. The second kappa shape index (κ2) is 10.9. The summed E-state index contributed by atoms with van der Waals surface area (Å²) in [6.45, 7) is 0. The summed E-state index contributed by atoms with van der Waals surface area (Å²) in [5.74, 6) is 0. The number of nitrogens with zero attached hydrogens (tertiary/aromatic N) is 2. The van der Waals surface area contributed by atoms with Gasteiger partial charge in [-0.25, -0.2) is 22.5 Å². The Hall–Kier alpha value is -1.80. The topological polar surface area (TPSA) is 144 Å². The number of carbonyl (C=O) groups excluding carboxylic acids is 2. The van der Waals surface area contributed by atoms with Crippen LogP contribution in [0.1, 0.15) is 11.4 Å². The van der Waals surface area contributed by atoms with Crippen LogP contribution in [-0.2, 0) is 39.5 Å². The largest absolute Gasteiger partial charge is 2.00 e. The molecule has 8 nitrogen and oxygen atoms in total. The molecule has 6 N–H and O–H groups in total. The number of aromatic amines is 2. The van der Waals surface area contributed by atoms with Crippen molar-refractivity contribution in [2.75, 3.05) is 0 Å². The van der Waals surface area contributed by atoms with E-state index in [0.717, 1.165) is 11.4 Å². The van der Waals surface area contributed by atoms with Crippen LogP contribution in [0.2, 0.25) is 0 Å². The van der Waals surface area contributed by atoms with E-state index < -0.39 is 12.1 Å². The zero-order valence-corrected chi connectivity index (χ0v) is 12.2. The molecule has 0 aliphatic heterocycles. The van der Waals surface area contributed by atoms with E-state index in [4.69, 9.17) is 11.5 Å². The van der Waals surface area contributed by atoms with Crippen molar-refractivity contribution in [2.45, 2.75) is 24.9 Å². The average Bonchev–Trinajstić information content (AvgIpc) is 3.12. The summed E-state index contributed by atoms with van der Waals surface area (Å²) < 4.78 is 0. The number of rotatable bonds is 6. The van der Waals surface area contributed by atoms with Crippen LogP contribution in [0.5, 0.6) is 0 Å². The van der Waals surface area contributed by atoms with Crippen molar-refractivity contribution in [3.8, 4) is 0 Å². The summed E-state index contributed by atoms with van der Waals surface area (Å²) in [6, 6.07) is -1.08. The molecule has 2 aromatic heterocycles. The molecule has 0 amide bonds. The summed E-state index contributed by atoms with van der Waals surface area (Å²) in [5.41, 5.74) is 12.3. The number of imidazole rings is 2. The smallest absolute Gasteiger partial charge is 0.540 e. The third-order valence-electron chi connectivity index (χ3n) is 2.29. The van der Waals surface area contributed by atoms with Gasteiger partial charge in [-0.3, -0.25) is 0 Å². The molecule has 9 heteroatoms. The summed E-state index contributed by atoms with van der Waals surface area (Å²) in [4.78, 5) is 33.1. The monoisotopic (exact) mass is 332 g/mol. The number of hydrogen-bond acceptors (Lipinski definition) is 6. The van der Waals surface area contributed by atoms with Crippen LogP contribution in [-0.4, -0.2) is 44.6 Å². The van der Waals surface area contributed by atoms with E-state index in [1.165, 1.54) is 0 Å².